The van der Waals surface area contributed by atoms with Crippen LogP contribution >= 0.6 is 0 Å². The Bertz CT molecular complexity index is 475. The summed E-state index contributed by atoms with van der Waals surface area (Å²) in [6.07, 6.45) is -4.49. The summed E-state index contributed by atoms with van der Waals surface area (Å²) in [4.78, 5) is 11.4. The molecule has 1 atom stereocenters. The number of carbonyl (C=O) groups excluding carboxylic acids is 1. The summed E-state index contributed by atoms with van der Waals surface area (Å²) >= 11 is 0. The minimum Gasteiger partial charge on any atom is -0.393 e. The number of hydrogen-bond donors (Lipinski definition) is 4. The number of aliphatic hydroxyl groups is 2. The Morgan fingerprint density at radius 2 is 2.00 bits per heavy atom. The molecule has 0 saturated heterocycles. The number of aliphatic hydroxyl groups excluding tert-OH is 1. The summed E-state index contributed by atoms with van der Waals surface area (Å²) in [7, 11) is 0. The van der Waals surface area contributed by atoms with Gasteiger partial charge < -0.3 is 20.8 Å². The average Bonchev–Trinajstić information content (AvgIpc) is 2.36. The van der Waals surface area contributed by atoms with E-state index in [-0.39, 0.29) is 12.2 Å². The van der Waals surface area contributed by atoms with E-state index in [9.17, 15) is 23.1 Å². The van der Waals surface area contributed by atoms with Crippen molar-refractivity contribution in [1.29, 1.82) is 0 Å². The number of benzene rings is 1. The number of nitrogens with one attached hydrogen (secondary N) is 2. The van der Waals surface area contributed by atoms with E-state index < -0.39 is 30.0 Å². The smallest absolute Gasteiger partial charge is 0.393 e. The second-order valence-electron chi connectivity index (χ2n) is 4.54. The summed E-state index contributed by atoms with van der Waals surface area (Å²) in [5, 5.41) is 22.7. The second kappa shape index (κ2) is 6.10. The largest absolute Gasteiger partial charge is 0.416 e. The molecule has 0 aliphatic rings. The van der Waals surface area contributed by atoms with Crippen molar-refractivity contribution in [1.82, 2.24) is 5.32 Å². The molecule has 0 aromatic heterocycles. The number of anilines is 1. The van der Waals surface area contributed by atoms with Crippen LogP contribution in [-0.4, -0.2) is 35.0 Å². The van der Waals surface area contributed by atoms with Crippen LogP contribution in [0.5, 0.6) is 0 Å². The van der Waals surface area contributed by atoms with Crippen LogP contribution in [0.15, 0.2) is 24.3 Å². The highest BCUT2D eigenvalue weighted by Crippen LogP contribution is 2.30. The van der Waals surface area contributed by atoms with Crippen molar-refractivity contribution in [3.05, 3.63) is 29.8 Å². The van der Waals surface area contributed by atoms with Crippen LogP contribution in [0.1, 0.15) is 12.5 Å². The summed E-state index contributed by atoms with van der Waals surface area (Å²) < 4.78 is 37.4. The summed E-state index contributed by atoms with van der Waals surface area (Å²) in [6, 6.07) is 3.38. The van der Waals surface area contributed by atoms with Crippen molar-refractivity contribution >= 4 is 11.7 Å². The third-order valence-corrected chi connectivity index (χ3v) is 2.42. The van der Waals surface area contributed by atoms with Gasteiger partial charge in [-0.3, -0.25) is 0 Å². The standard InChI is InChI=1S/C12H15F3N2O3/c1-11(20,7-18)6-16-10(19)17-9-4-2-3-8(5-9)12(13,14)15/h2-5,18,20H,6-7H2,1H3,(H2,16,17,19). The van der Waals surface area contributed by atoms with Crippen molar-refractivity contribution < 1.29 is 28.2 Å². The topological polar surface area (TPSA) is 81.6 Å². The minimum absolute atomic E-state index is 0.0269. The van der Waals surface area contributed by atoms with Crippen molar-refractivity contribution in [3.8, 4) is 0 Å². The highest BCUT2D eigenvalue weighted by Gasteiger charge is 2.30. The lowest BCUT2D eigenvalue weighted by molar-refractivity contribution is -0.137. The second-order valence-corrected chi connectivity index (χ2v) is 4.54. The first kappa shape index (κ1) is 16.3. The van der Waals surface area contributed by atoms with Gasteiger partial charge >= 0.3 is 12.2 Å². The van der Waals surface area contributed by atoms with E-state index in [1.807, 2.05) is 0 Å². The van der Waals surface area contributed by atoms with Gasteiger partial charge in [0.25, 0.3) is 0 Å². The van der Waals surface area contributed by atoms with Crippen LogP contribution in [0.3, 0.4) is 0 Å². The monoisotopic (exact) mass is 292 g/mol. The fourth-order valence-corrected chi connectivity index (χ4v) is 1.28. The highest BCUT2D eigenvalue weighted by molar-refractivity contribution is 5.89. The Labute approximate surface area is 113 Å². The lowest BCUT2D eigenvalue weighted by Crippen LogP contribution is -2.44. The molecule has 5 nitrogen and oxygen atoms in total. The van der Waals surface area contributed by atoms with Crippen LogP contribution in [0.4, 0.5) is 23.7 Å². The van der Waals surface area contributed by atoms with Crippen molar-refractivity contribution in [2.24, 2.45) is 0 Å². The lowest BCUT2D eigenvalue weighted by atomic mass is 10.1. The van der Waals surface area contributed by atoms with Gasteiger partial charge in [0.15, 0.2) is 0 Å². The van der Waals surface area contributed by atoms with E-state index in [0.717, 1.165) is 12.1 Å². The van der Waals surface area contributed by atoms with Gasteiger partial charge in [-0.25, -0.2) is 4.79 Å². The molecule has 1 unspecified atom stereocenters. The molecule has 1 aromatic carbocycles. The number of rotatable bonds is 4. The number of urea groups is 1. The maximum atomic E-state index is 12.5. The number of amides is 2. The van der Waals surface area contributed by atoms with E-state index in [4.69, 9.17) is 5.11 Å². The van der Waals surface area contributed by atoms with Crippen LogP contribution < -0.4 is 10.6 Å². The van der Waals surface area contributed by atoms with Crippen molar-refractivity contribution in [2.45, 2.75) is 18.7 Å². The van der Waals surface area contributed by atoms with Gasteiger partial charge in [0, 0.05) is 5.69 Å². The van der Waals surface area contributed by atoms with E-state index >= 15 is 0 Å². The number of alkyl halides is 3. The van der Waals surface area contributed by atoms with Gasteiger partial charge in [-0.1, -0.05) is 6.07 Å². The normalized spacial score (nSPS) is 14.5. The maximum Gasteiger partial charge on any atom is 0.416 e. The van der Waals surface area contributed by atoms with Gasteiger partial charge in [-0.05, 0) is 25.1 Å². The first-order chi connectivity index (χ1) is 9.14. The third-order valence-electron chi connectivity index (χ3n) is 2.42. The molecular weight excluding hydrogens is 277 g/mol. The zero-order valence-electron chi connectivity index (χ0n) is 10.7. The van der Waals surface area contributed by atoms with E-state index in [0.29, 0.717) is 0 Å². The Kier molecular flexibility index (Phi) is 4.96. The van der Waals surface area contributed by atoms with E-state index in [1.54, 1.807) is 0 Å². The molecule has 4 N–H and O–H groups in total. The lowest BCUT2D eigenvalue weighted by Gasteiger charge is -2.20. The Balaban J connectivity index is 2.63. The molecule has 0 saturated carbocycles. The van der Waals surface area contributed by atoms with Crippen LogP contribution in [0.2, 0.25) is 0 Å². The van der Waals surface area contributed by atoms with E-state index in [2.05, 4.69) is 10.6 Å². The number of halogens is 3. The van der Waals surface area contributed by atoms with Crippen LogP contribution in [0.25, 0.3) is 0 Å². The molecule has 1 aromatic rings. The zero-order valence-corrected chi connectivity index (χ0v) is 10.7. The molecule has 2 amide bonds. The predicted octanol–water partition coefficient (Wildman–Crippen LogP) is 1.57. The Morgan fingerprint density at radius 1 is 1.35 bits per heavy atom. The zero-order chi connectivity index (χ0) is 15.4. The quantitative estimate of drug-likeness (QED) is 0.680. The summed E-state index contributed by atoms with van der Waals surface area (Å²) in [6.45, 7) is 0.503. The molecule has 112 valence electrons. The molecule has 0 aliphatic carbocycles. The van der Waals surface area contributed by atoms with Gasteiger partial charge in [-0.2, -0.15) is 13.2 Å². The highest BCUT2D eigenvalue weighted by atomic mass is 19.4. The maximum absolute atomic E-state index is 12.5. The molecule has 0 aliphatic heterocycles. The molecule has 0 fully saturated rings. The molecule has 1 rings (SSSR count). The number of carbonyl (C=O) groups is 1. The Hall–Kier alpha value is -1.80. The fraction of sp³-hybridized carbons (Fsp3) is 0.417. The van der Waals surface area contributed by atoms with Crippen LogP contribution in [-0.2, 0) is 6.18 Å². The van der Waals surface area contributed by atoms with Gasteiger partial charge in [0.1, 0.15) is 5.60 Å². The van der Waals surface area contributed by atoms with Crippen molar-refractivity contribution in [3.63, 3.8) is 0 Å². The van der Waals surface area contributed by atoms with Crippen LogP contribution in [0, 0.1) is 0 Å². The number of hydrogen-bond acceptors (Lipinski definition) is 3. The van der Waals surface area contributed by atoms with Gasteiger partial charge in [0.2, 0.25) is 0 Å². The van der Waals surface area contributed by atoms with Crippen molar-refractivity contribution in [2.75, 3.05) is 18.5 Å². The predicted molar refractivity (Wildman–Crippen MR) is 66.2 cm³/mol. The summed E-state index contributed by atoms with van der Waals surface area (Å²) in [5.74, 6) is 0. The fourth-order valence-electron chi connectivity index (χ4n) is 1.28. The molecule has 0 heterocycles. The average molecular weight is 292 g/mol. The molecule has 8 heteroatoms. The minimum atomic E-state index is -4.49. The SMILES string of the molecule is CC(O)(CO)CNC(=O)Nc1cccc(C(F)(F)F)c1. The third kappa shape index (κ3) is 5.06. The molecule has 0 spiro atoms. The molecular formula is C12H15F3N2O3. The van der Waals surface area contributed by atoms with E-state index in [1.165, 1.54) is 19.1 Å². The first-order valence-corrected chi connectivity index (χ1v) is 5.69. The van der Waals surface area contributed by atoms with Gasteiger partial charge in [-0.15, -0.1) is 0 Å². The summed E-state index contributed by atoms with van der Waals surface area (Å²) in [5.41, 5.74) is -2.40. The molecule has 0 radical (unpaired) electrons. The Morgan fingerprint density at radius 3 is 2.55 bits per heavy atom. The molecule has 0 bridgehead atoms. The molecule has 20 heavy (non-hydrogen) atoms. The van der Waals surface area contributed by atoms with Gasteiger partial charge in [0.05, 0.1) is 18.7 Å². The first-order valence-electron chi connectivity index (χ1n) is 5.69.